The predicted molar refractivity (Wildman–Crippen MR) is 45.1 cm³/mol. The molecule has 1 aliphatic rings. The molecule has 1 fully saturated rings. The highest BCUT2D eigenvalue weighted by Gasteiger charge is 2.10. The fourth-order valence-corrected chi connectivity index (χ4v) is 0.709. The van der Waals surface area contributed by atoms with E-state index in [0.29, 0.717) is 13.3 Å². The van der Waals surface area contributed by atoms with Gasteiger partial charge in [-0.15, -0.1) is 0 Å². The number of nitrogens with one attached hydrogen (secondary N) is 2. The number of amides is 2. The maximum Gasteiger partial charge on any atom is 0.316 e. The van der Waals surface area contributed by atoms with Crippen LogP contribution < -0.4 is 10.6 Å². The van der Waals surface area contributed by atoms with Gasteiger partial charge in [-0.1, -0.05) is 20.8 Å². The summed E-state index contributed by atoms with van der Waals surface area (Å²) in [7, 11) is 0. The molecule has 0 aromatic carbocycles. The Bertz CT molecular complexity index is 106. The Hall–Kier alpha value is -0.770. The van der Waals surface area contributed by atoms with Crippen molar-refractivity contribution in [1.29, 1.82) is 0 Å². The first kappa shape index (κ1) is 10.2. The van der Waals surface area contributed by atoms with Crippen LogP contribution in [-0.4, -0.2) is 30.8 Å². The highest BCUT2D eigenvalue weighted by Crippen LogP contribution is 1.85. The van der Waals surface area contributed by atoms with Crippen LogP contribution in [0, 0.1) is 0 Å². The van der Waals surface area contributed by atoms with Gasteiger partial charge in [-0.2, -0.15) is 0 Å². The Kier molecular flexibility index (Phi) is 5.56. The first-order valence-corrected chi connectivity index (χ1v) is 4.07. The summed E-state index contributed by atoms with van der Waals surface area (Å²) in [6.07, 6.45) is 0. The highest BCUT2D eigenvalue weighted by molar-refractivity contribution is 5.74. The molecule has 4 heteroatoms. The van der Waals surface area contributed by atoms with E-state index in [4.69, 9.17) is 0 Å². The molecule has 11 heavy (non-hydrogen) atoms. The van der Waals surface area contributed by atoms with Crippen molar-refractivity contribution in [3.8, 4) is 0 Å². The molecule has 0 aromatic heterocycles. The van der Waals surface area contributed by atoms with E-state index in [1.807, 2.05) is 13.8 Å². The van der Waals surface area contributed by atoms with Crippen molar-refractivity contribution in [2.45, 2.75) is 20.8 Å². The number of nitrogens with zero attached hydrogens (tertiary/aromatic N) is 1. The van der Waals surface area contributed by atoms with E-state index in [9.17, 15) is 4.79 Å². The third kappa shape index (κ3) is 3.83. The standard InChI is InChI=1S/C5H11N3O.C2H6/c1-2-8-3-6-5(9)7-4-8;1-2/h2-4H2,1H3,(H2,6,7,9);1-2H3. The van der Waals surface area contributed by atoms with Crippen LogP contribution in [0.4, 0.5) is 4.79 Å². The Balaban J connectivity index is 0.000000461. The van der Waals surface area contributed by atoms with Crippen molar-refractivity contribution in [1.82, 2.24) is 15.5 Å². The van der Waals surface area contributed by atoms with Gasteiger partial charge in [0.15, 0.2) is 0 Å². The van der Waals surface area contributed by atoms with Crippen LogP contribution in [0.25, 0.3) is 0 Å². The van der Waals surface area contributed by atoms with Crippen molar-refractivity contribution in [3.05, 3.63) is 0 Å². The summed E-state index contributed by atoms with van der Waals surface area (Å²) in [4.78, 5) is 12.6. The number of hydrogen-bond acceptors (Lipinski definition) is 2. The molecule has 2 N–H and O–H groups in total. The fourth-order valence-electron chi connectivity index (χ4n) is 0.709. The molecule has 0 radical (unpaired) electrons. The molecule has 0 aliphatic carbocycles. The van der Waals surface area contributed by atoms with Gasteiger partial charge in [-0.25, -0.2) is 4.79 Å². The summed E-state index contributed by atoms with van der Waals surface area (Å²) in [5, 5.41) is 5.32. The summed E-state index contributed by atoms with van der Waals surface area (Å²) < 4.78 is 0. The molecular weight excluding hydrogens is 142 g/mol. The molecule has 4 nitrogen and oxygen atoms in total. The summed E-state index contributed by atoms with van der Waals surface area (Å²) in [5.74, 6) is 0. The van der Waals surface area contributed by atoms with Crippen LogP contribution in [0.2, 0.25) is 0 Å². The second-order valence-corrected chi connectivity index (χ2v) is 1.99. The largest absolute Gasteiger partial charge is 0.325 e. The van der Waals surface area contributed by atoms with Crippen LogP contribution in [-0.2, 0) is 0 Å². The van der Waals surface area contributed by atoms with Crippen molar-refractivity contribution >= 4 is 6.03 Å². The van der Waals surface area contributed by atoms with Crippen LogP contribution >= 0.6 is 0 Å². The van der Waals surface area contributed by atoms with E-state index >= 15 is 0 Å². The molecule has 66 valence electrons. The molecular formula is C7H17N3O. The van der Waals surface area contributed by atoms with Gasteiger partial charge in [-0.05, 0) is 6.54 Å². The summed E-state index contributed by atoms with van der Waals surface area (Å²) in [6, 6.07) is -0.0697. The molecule has 1 saturated heterocycles. The topological polar surface area (TPSA) is 44.4 Å². The summed E-state index contributed by atoms with van der Waals surface area (Å²) in [6.45, 7) is 8.36. The van der Waals surface area contributed by atoms with E-state index in [-0.39, 0.29) is 6.03 Å². The van der Waals surface area contributed by atoms with Crippen LogP contribution in [0.5, 0.6) is 0 Å². The predicted octanol–water partition coefficient (Wildman–Crippen LogP) is 0.562. The fraction of sp³-hybridized carbons (Fsp3) is 0.857. The normalized spacial score (nSPS) is 17.5. The summed E-state index contributed by atoms with van der Waals surface area (Å²) in [5.41, 5.74) is 0. The molecule has 2 amide bonds. The lowest BCUT2D eigenvalue weighted by atomic mass is 10.6. The molecule has 1 rings (SSSR count). The maximum atomic E-state index is 10.5. The Morgan fingerprint density at radius 3 is 2.18 bits per heavy atom. The van der Waals surface area contributed by atoms with Crippen LogP contribution in [0.1, 0.15) is 20.8 Å². The molecule has 0 aromatic rings. The molecule has 0 atom stereocenters. The van der Waals surface area contributed by atoms with Gasteiger partial charge in [0.05, 0.1) is 13.3 Å². The lowest BCUT2D eigenvalue weighted by Crippen LogP contribution is -2.53. The van der Waals surface area contributed by atoms with Crippen molar-refractivity contribution in [3.63, 3.8) is 0 Å². The number of carbonyl (C=O) groups is 1. The zero-order valence-electron chi connectivity index (χ0n) is 7.48. The van der Waals surface area contributed by atoms with Gasteiger partial charge in [0, 0.05) is 0 Å². The second-order valence-electron chi connectivity index (χ2n) is 1.99. The number of rotatable bonds is 1. The van der Waals surface area contributed by atoms with Crippen molar-refractivity contribution < 1.29 is 4.79 Å². The molecule has 1 heterocycles. The van der Waals surface area contributed by atoms with E-state index in [1.165, 1.54) is 0 Å². The van der Waals surface area contributed by atoms with E-state index in [0.717, 1.165) is 6.54 Å². The molecule has 0 bridgehead atoms. The lowest BCUT2D eigenvalue weighted by Gasteiger charge is -2.26. The van der Waals surface area contributed by atoms with E-state index in [1.54, 1.807) is 0 Å². The van der Waals surface area contributed by atoms with Crippen molar-refractivity contribution in [2.75, 3.05) is 19.9 Å². The van der Waals surface area contributed by atoms with Crippen LogP contribution in [0.3, 0.4) is 0 Å². The van der Waals surface area contributed by atoms with Crippen LogP contribution in [0.15, 0.2) is 0 Å². The zero-order valence-corrected chi connectivity index (χ0v) is 7.48. The van der Waals surface area contributed by atoms with E-state index < -0.39 is 0 Å². The lowest BCUT2D eigenvalue weighted by molar-refractivity contribution is 0.187. The average Bonchev–Trinajstić information content (AvgIpc) is 2.10. The average molecular weight is 159 g/mol. The van der Waals surface area contributed by atoms with Gasteiger partial charge in [-0.3, -0.25) is 4.90 Å². The van der Waals surface area contributed by atoms with Gasteiger partial charge >= 0.3 is 6.03 Å². The number of carbonyl (C=O) groups excluding carboxylic acids is 1. The minimum Gasteiger partial charge on any atom is -0.325 e. The van der Waals surface area contributed by atoms with Gasteiger partial charge < -0.3 is 10.6 Å². The van der Waals surface area contributed by atoms with Crippen molar-refractivity contribution in [2.24, 2.45) is 0 Å². The minimum absolute atomic E-state index is 0.0697. The SMILES string of the molecule is CC.CCN1CNC(=O)NC1. The second kappa shape index (κ2) is 5.97. The smallest absolute Gasteiger partial charge is 0.316 e. The molecule has 0 saturated carbocycles. The number of urea groups is 1. The van der Waals surface area contributed by atoms with E-state index in [2.05, 4.69) is 22.5 Å². The minimum atomic E-state index is -0.0697. The molecule has 0 spiro atoms. The third-order valence-corrected chi connectivity index (χ3v) is 1.37. The Labute approximate surface area is 67.9 Å². The van der Waals surface area contributed by atoms with Gasteiger partial charge in [0.2, 0.25) is 0 Å². The monoisotopic (exact) mass is 159 g/mol. The summed E-state index contributed by atoms with van der Waals surface area (Å²) >= 11 is 0. The molecule has 0 unspecified atom stereocenters. The first-order valence-electron chi connectivity index (χ1n) is 4.07. The number of hydrogen-bond donors (Lipinski definition) is 2. The van der Waals surface area contributed by atoms with Gasteiger partial charge in [0.25, 0.3) is 0 Å². The van der Waals surface area contributed by atoms with Gasteiger partial charge in [0.1, 0.15) is 0 Å². The quantitative estimate of drug-likeness (QED) is 0.587. The Morgan fingerprint density at radius 2 is 1.82 bits per heavy atom. The zero-order chi connectivity index (χ0) is 8.69. The third-order valence-electron chi connectivity index (χ3n) is 1.37. The Morgan fingerprint density at radius 1 is 1.36 bits per heavy atom. The highest BCUT2D eigenvalue weighted by atomic mass is 16.2. The maximum absolute atomic E-state index is 10.5. The first-order chi connectivity index (χ1) is 5.33. The molecule has 1 aliphatic heterocycles.